The van der Waals surface area contributed by atoms with Crippen molar-refractivity contribution in [3.05, 3.63) is 64.1 Å². The smallest absolute Gasteiger partial charge is 0.323 e. The van der Waals surface area contributed by atoms with E-state index in [-0.39, 0.29) is 11.6 Å². The van der Waals surface area contributed by atoms with Crippen molar-refractivity contribution in [3.8, 4) is 0 Å². The fourth-order valence-electron chi connectivity index (χ4n) is 3.42. The maximum Gasteiger partial charge on any atom is 0.323 e. The first-order chi connectivity index (χ1) is 12.7. The van der Waals surface area contributed by atoms with E-state index in [9.17, 15) is 9.59 Å². The Balaban J connectivity index is 1.48. The standard InChI is InChI=1S/C19H21N5O2/c20-12-13-4-6-14(7-5-13)18(25)24-10-8-23(9-11-24)16-3-1-2-15-17(16)22-19(26)21-15/h1-7H,8-12,20H2,(H2,21,22,26). The lowest BCUT2D eigenvalue weighted by molar-refractivity contribution is 0.0747. The SMILES string of the molecule is NCc1ccc(C(=O)N2CCN(c3cccc4[nH]c(=O)[nH]c34)CC2)cc1. The van der Waals surface area contributed by atoms with Crippen molar-refractivity contribution in [2.45, 2.75) is 6.54 Å². The Kier molecular flexibility index (Phi) is 4.22. The molecule has 0 aliphatic carbocycles. The molecule has 0 atom stereocenters. The van der Waals surface area contributed by atoms with Crippen LogP contribution in [-0.2, 0) is 6.54 Å². The van der Waals surface area contributed by atoms with Gasteiger partial charge in [0.05, 0.1) is 16.7 Å². The van der Waals surface area contributed by atoms with E-state index < -0.39 is 0 Å². The van der Waals surface area contributed by atoms with Crippen LogP contribution in [-0.4, -0.2) is 47.0 Å². The summed E-state index contributed by atoms with van der Waals surface area (Å²) in [6.07, 6.45) is 0. The van der Waals surface area contributed by atoms with Crippen LogP contribution in [0.4, 0.5) is 5.69 Å². The van der Waals surface area contributed by atoms with Gasteiger partial charge in [-0.15, -0.1) is 0 Å². The molecule has 134 valence electrons. The first-order valence-electron chi connectivity index (χ1n) is 8.70. The number of rotatable bonds is 3. The summed E-state index contributed by atoms with van der Waals surface area (Å²) in [6, 6.07) is 13.3. The van der Waals surface area contributed by atoms with Crippen molar-refractivity contribution in [1.82, 2.24) is 14.9 Å². The predicted octanol–water partition coefficient (Wildman–Crippen LogP) is 1.28. The molecule has 1 aromatic heterocycles. The van der Waals surface area contributed by atoms with Gasteiger partial charge in [-0.1, -0.05) is 18.2 Å². The third kappa shape index (κ3) is 2.97. The van der Waals surface area contributed by atoms with Crippen LogP contribution in [0.2, 0.25) is 0 Å². The van der Waals surface area contributed by atoms with Crippen LogP contribution < -0.4 is 16.3 Å². The topological polar surface area (TPSA) is 98.2 Å². The van der Waals surface area contributed by atoms with Crippen LogP contribution in [0.15, 0.2) is 47.3 Å². The molecule has 4 N–H and O–H groups in total. The number of nitrogens with zero attached hydrogens (tertiary/aromatic N) is 2. The molecule has 26 heavy (non-hydrogen) atoms. The van der Waals surface area contributed by atoms with Gasteiger partial charge in [0.1, 0.15) is 0 Å². The maximum absolute atomic E-state index is 12.7. The number of hydrogen-bond acceptors (Lipinski definition) is 4. The molecule has 0 radical (unpaired) electrons. The zero-order chi connectivity index (χ0) is 18.1. The maximum atomic E-state index is 12.7. The average Bonchev–Trinajstić information content (AvgIpc) is 3.08. The molecule has 1 aliphatic heterocycles. The van der Waals surface area contributed by atoms with Gasteiger partial charge in [0.15, 0.2) is 0 Å². The van der Waals surface area contributed by atoms with Gasteiger partial charge in [0.2, 0.25) is 0 Å². The Hall–Kier alpha value is -3.06. The van der Waals surface area contributed by atoms with Crippen molar-refractivity contribution in [2.24, 2.45) is 5.73 Å². The zero-order valence-electron chi connectivity index (χ0n) is 14.4. The van der Waals surface area contributed by atoms with Crippen LogP contribution in [0.5, 0.6) is 0 Å². The largest absolute Gasteiger partial charge is 0.366 e. The van der Waals surface area contributed by atoms with E-state index >= 15 is 0 Å². The number of carbonyl (C=O) groups excluding carboxylic acids is 1. The van der Waals surface area contributed by atoms with Crippen LogP contribution in [0.3, 0.4) is 0 Å². The van der Waals surface area contributed by atoms with Crippen LogP contribution >= 0.6 is 0 Å². The number of para-hydroxylation sites is 1. The normalized spacial score (nSPS) is 14.8. The summed E-state index contributed by atoms with van der Waals surface area (Å²) in [5.74, 6) is 0.0430. The third-order valence-corrected chi connectivity index (χ3v) is 4.87. The monoisotopic (exact) mass is 351 g/mol. The van der Waals surface area contributed by atoms with Crippen molar-refractivity contribution in [3.63, 3.8) is 0 Å². The van der Waals surface area contributed by atoms with Gasteiger partial charge in [-0.3, -0.25) is 4.79 Å². The second kappa shape index (κ2) is 6.68. The number of imidazole rings is 1. The Morgan fingerprint density at radius 2 is 1.73 bits per heavy atom. The van der Waals surface area contributed by atoms with Crippen LogP contribution in [0, 0.1) is 0 Å². The van der Waals surface area contributed by atoms with Gasteiger partial charge in [-0.25, -0.2) is 4.79 Å². The second-order valence-electron chi connectivity index (χ2n) is 6.46. The highest BCUT2D eigenvalue weighted by atomic mass is 16.2. The van der Waals surface area contributed by atoms with Gasteiger partial charge < -0.3 is 25.5 Å². The number of carbonyl (C=O) groups is 1. The minimum Gasteiger partial charge on any atom is -0.366 e. The summed E-state index contributed by atoms with van der Waals surface area (Å²) >= 11 is 0. The molecule has 0 spiro atoms. The minimum absolute atomic E-state index is 0.0430. The minimum atomic E-state index is -0.206. The summed E-state index contributed by atoms with van der Waals surface area (Å²) in [7, 11) is 0. The van der Waals surface area contributed by atoms with Gasteiger partial charge in [0, 0.05) is 38.3 Å². The first-order valence-corrected chi connectivity index (χ1v) is 8.70. The molecule has 2 heterocycles. The Morgan fingerprint density at radius 1 is 1.00 bits per heavy atom. The highest BCUT2D eigenvalue weighted by molar-refractivity contribution is 5.94. The molecule has 0 unspecified atom stereocenters. The van der Waals surface area contributed by atoms with Crippen molar-refractivity contribution >= 4 is 22.6 Å². The summed E-state index contributed by atoms with van der Waals surface area (Å²) < 4.78 is 0. The van der Waals surface area contributed by atoms with Crippen LogP contribution in [0.25, 0.3) is 11.0 Å². The highest BCUT2D eigenvalue weighted by Crippen LogP contribution is 2.24. The quantitative estimate of drug-likeness (QED) is 0.662. The fraction of sp³-hybridized carbons (Fsp3) is 0.263. The van der Waals surface area contributed by atoms with Crippen molar-refractivity contribution in [2.75, 3.05) is 31.1 Å². The lowest BCUT2D eigenvalue weighted by Crippen LogP contribution is -2.48. The summed E-state index contributed by atoms with van der Waals surface area (Å²) in [5.41, 5.74) is 9.70. The van der Waals surface area contributed by atoms with Gasteiger partial charge >= 0.3 is 5.69 Å². The molecular formula is C19H21N5O2. The van der Waals surface area contributed by atoms with E-state index in [0.29, 0.717) is 25.2 Å². The number of nitrogens with two attached hydrogens (primary N) is 1. The lowest BCUT2D eigenvalue weighted by Gasteiger charge is -2.36. The van der Waals surface area contributed by atoms with E-state index in [0.717, 1.165) is 35.4 Å². The number of amides is 1. The Bertz CT molecular complexity index is 981. The average molecular weight is 351 g/mol. The molecule has 1 fully saturated rings. The number of aromatic nitrogens is 2. The Labute approximate surface area is 150 Å². The molecule has 1 saturated heterocycles. The summed E-state index contributed by atoms with van der Waals surface area (Å²) in [4.78, 5) is 34.0. The molecule has 0 bridgehead atoms. The molecule has 1 aliphatic rings. The molecule has 4 rings (SSSR count). The number of fused-ring (bicyclic) bond motifs is 1. The van der Waals surface area contributed by atoms with Gasteiger partial charge in [-0.2, -0.15) is 0 Å². The predicted molar refractivity (Wildman–Crippen MR) is 101 cm³/mol. The lowest BCUT2D eigenvalue weighted by atomic mass is 10.1. The highest BCUT2D eigenvalue weighted by Gasteiger charge is 2.23. The first kappa shape index (κ1) is 16.4. The number of hydrogen-bond donors (Lipinski definition) is 3. The summed E-state index contributed by atoms with van der Waals surface area (Å²) in [6.45, 7) is 3.20. The van der Waals surface area contributed by atoms with Crippen molar-refractivity contribution in [1.29, 1.82) is 0 Å². The molecule has 2 aromatic carbocycles. The van der Waals surface area contributed by atoms with Crippen LogP contribution in [0.1, 0.15) is 15.9 Å². The zero-order valence-corrected chi connectivity index (χ0v) is 14.4. The fourth-order valence-corrected chi connectivity index (χ4v) is 3.42. The van der Waals surface area contributed by atoms with E-state index in [4.69, 9.17) is 5.73 Å². The van der Waals surface area contributed by atoms with Gasteiger partial charge in [-0.05, 0) is 29.8 Å². The molecule has 7 nitrogen and oxygen atoms in total. The number of H-pyrrole nitrogens is 2. The number of nitrogens with one attached hydrogen (secondary N) is 2. The Morgan fingerprint density at radius 3 is 2.42 bits per heavy atom. The third-order valence-electron chi connectivity index (χ3n) is 4.87. The number of aromatic amines is 2. The second-order valence-corrected chi connectivity index (χ2v) is 6.46. The number of benzene rings is 2. The number of anilines is 1. The summed E-state index contributed by atoms with van der Waals surface area (Å²) in [5, 5.41) is 0. The molecule has 3 aromatic rings. The molecule has 0 saturated carbocycles. The van der Waals surface area contributed by atoms with E-state index in [1.165, 1.54) is 0 Å². The molecule has 7 heteroatoms. The van der Waals surface area contributed by atoms with Crippen molar-refractivity contribution < 1.29 is 4.79 Å². The van der Waals surface area contributed by atoms with E-state index in [1.54, 1.807) is 0 Å². The van der Waals surface area contributed by atoms with E-state index in [2.05, 4.69) is 14.9 Å². The molecular weight excluding hydrogens is 330 g/mol. The number of piperazine rings is 1. The molecule has 1 amide bonds. The van der Waals surface area contributed by atoms with E-state index in [1.807, 2.05) is 47.4 Å². The van der Waals surface area contributed by atoms with Gasteiger partial charge in [0.25, 0.3) is 5.91 Å².